The Hall–Kier alpha value is -3.93. The van der Waals surface area contributed by atoms with Gasteiger partial charge in [-0.15, -0.1) is 0 Å². The van der Waals surface area contributed by atoms with Gasteiger partial charge in [0, 0.05) is 23.3 Å². The van der Waals surface area contributed by atoms with Gasteiger partial charge in [-0.1, -0.05) is 30.3 Å². The van der Waals surface area contributed by atoms with Crippen molar-refractivity contribution in [2.24, 2.45) is 0 Å². The van der Waals surface area contributed by atoms with Crippen LogP contribution in [0.25, 0.3) is 22.3 Å². The van der Waals surface area contributed by atoms with E-state index in [1.807, 2.05) is 30.3 Å². The highest BCUT2D eigenvalue weighted by molar-refractivity contribution is 6.09. The molecule has 0 radical (unpaired) electrons. The van der Waals surface area contributed by atoms with Gasteiger partial charge in [0.25, 0.3) is 0 Å². The number of esters is 2. The molecule has 0 unspecified atom stereocenters. The Balaban J connectivity index is 1.78. The van der Waals surface area contributed by atoms with Gasteiger partial charge in [0.1, 0.15) is 22.7 Å². The van der Waals surface area contributed by atoms with Crippen molar-refractivity contribution < 1.29 is 23.5 Å². The maximum atomic E-state index is 12.7. The number of carbonyl (C=O) groups is 2. The lowest BCUT2D eigenvalue weighted by Crippen LogP contribution is -2.08. The molecule has 2 heterocycles. The molecular formula is C23H17NO5. The van der Waals surface area contributed by atoms with E-state index in [1.54, 1.807) is 37.3 Å². The summed E-state index contributed by atoms with van der Waals surface area (Å²) in [5.74, 6) is -0.305. The first kappa shape index (κ1) is 18.4. The lowest BCUT2D eigenvalue weighted by Gasteiger charge is -2.05. The number of ether oxygens (including phenoxy) is 2. The average molecular weight is 387 g/mol. The van der Waals surface area contributed by atoms with Crippen molar-refractivity contribution in [3.8, 4) is 17.1 Å². The molecule has 29 heavy (non-hydrogen) atoms. The Morgan fingerprint density at radius 3 is 2.45 bits per heavy atom. The molecule has 2 aromatic heterocycles. The highest BCUT2D eigenvalue weighted by Crippen LogP contribution is 2.36. The van der Waals surface area contributed by atoms with Crippen molar-refractivity contribution in [2.45, 2.75) is 6.92 Å². The van der Waals surface area contributed by atoms with Crippen LogP contribution in [0.3, 0.4) is 0 Å². The number of hydrogen-bond acceptors (Lipinski definition) is 6. The summed E-state index contributed by atoms with van der Waals surface area (Å²) in [6.07, 6.45) is 3.03. The van der Waals surface area contributed by atoms with Crippen LogP contribution in [0.5, 0.6) is 5.75 Å². The van der Waals surface area contributed by atoms with Crippen molar-refractivity contribution >= 4 is 22.9 Å². The predicted molar refractivity (Wildman–Crippen MR) is 107 cm³/mol. The highest BCUT2D eigenvalue weighted by atomic mass is 16.5. The highest BCUT2D eigenvalue weighted by Gasteiger charge is 2.24. The van der Waals surface area contributed by atoms with Crippen molar-refractivity contribution in [1.29, 1.82) is 0 Å². The van der Waals surface area contributed by atoms with E-state index in [0.717, 1.165) is 5.56 Å². The van der Waals surface area contributed by atoms with Crippen LogP contribution in [-0.2, 0) is 4.74 Å². The van der Waals surface area contributed by atoms with Crippen LogP contribution >= 0.6 is 0 Å². The summed E-state index contributed by atoms with van der Waals surface area (Å²) in [4.78, 5) is 28.9. The van der Waals surface area contributed by atoms with Crippen LogP contribution < -0.4 is 4.74 Å². The topological polar surface area (TPSA) is 78.6 Å². The standard InChI is InChI=1S/C23H17NO5/c1-2-27-23(26)20-18-14-17(28-22(25)16-10-12-24-13-11-16)8-9-19(18)29-21(20)15-6-4-3-5-7-15/h3-14H,2H2,1H3. The lowest BCUT2D eigenvalue weighted by atomic mass is 10.1. The van der Waals surface area contributed by atoms with Crippen molar-refractivity contribution in [3.05, 3.63) is 84.2 Å². The van der Waals surface area contributed by atoms with Crippen molar-refractivity contribution in [2.75, 3.05) is 6.61 Å². The summed E-state index contributed by atoms with van der Waals surface area (Å²) in [5, 5.41) is 0.516. The van der Waals surface area contributed by atoms with E-state index < -0.39 is 11.9 Å². The van der Waals surface area contributed by atoms with Crippen LogP contribution in [0, 0.1) is 0 Å². The van der Waals surface area contributed by atoms with Gasteiger partial charge in [-0.3, -0.25) is 4.98 Å². The fourth-order valence-corrected chi connectivity index (χ4v) is 2.99. The molecule has 0 spiro atoms. The third-order valence-corrected chi connectivity index (χ3v) is 4.30. The second-order valence-electron chi connectivity index (χ2n) is 6.18. The molecule has 0 atom stereocenters. The SMILES string of the molecule is CCOC(=O)c1c(-c2ccccc2)oc2ccc(OC(=O)c3ccncc3)cc12. The number of hydrogen-bond donors (Lipinski definition) is 0. The molecule has 6 heteroatoms. The van der Waals surface area contributed by atoms with Gasteiger partial charge in [-0.2, -0.15) is 0 Å². The summed E-state index contributed by atoms with van der Waals surface area (Å²) in [7, 11) is 0. The van der Waals surface area contributed by atoms with Gasteiger partial charge in [0.15, 0.2) is 0 Å². The molecule has 0 N–H and O–H groups in total. The number of aromatic nitrogens is 1. The number of pyridine rings is 1. The van der Waals surface area contributed by atoms with Crippen LogP contribution in [0.4, 0.5) is 0 Å². The number of fused-ring (bicyclic) bond motifs is 1. The van der Waals surface area contributed by atoms with Gasteiger partial charge in [-0.25, -0.2) is 9.59 Å². The monoisotopic (exact) mass is 387 g/mol. The maximum Gasteiger partial charge on any atom is 0.343 e. The normalized spacial score (nSPS) is 10.7. The molecule has 6 nitrogen and oxygen atoms in total. The first-order valence-corrected chi connectivity index (χ1v) is 9.08. The van der Waals surface area contributed by atoms with Gasteiger partial charge >= 0.3 is 11.9 Å². The first-order valence-electron chi connectivity index (χ1n) is 9.08. The number of carbonyl (C=O) groups excluding carboxylic acids is 2. The predicted octanol–water partition coefficient (Wildman–Crippen LogP) is 4.89. The molecule has 4 aromatic rings. The van der Waals surface area contributed by atoms with E-state index in [1.165, 1.54) is 12.4 Å². The Morgan fingerprint density at radius 1 is 0.966 bits per heavy atom. The molecule has 0 aliphatic rings. The minimum Gasteiger partial charge on any atom is -0.462 e. The minimum atomic E-state index is -0.517. The third kappa shape index (κ3) is 3.73. The third-order valence-electron chi connectivity index (χ3n) is 4.30. The molecule has 144 valence electrons. The van der Waals surface area contributed by atoms with E-state index in [0.29, 0.717) is 33.6 Å². The average Bonchev–Trinajstić information content (AvgIpc) is 3.14. The van der Waals surface area contributed by atoms with E-state index in [9.17, 15) is 9.59 Å². The Morgan fingerprint density at radius 2 is 1.72 bits per heavy atom. The lowest BCUT2D eigenvalue weighted by molar-refractivity contribution is 0.0528. The molecule has 0 amide bonds. The first-order chi connectivity index (χ1) is 14.2. The zero-order valence-electron chi connectivity index (χ0n) is 15.6. The largest absolute Gasteiger partial charge is 0.462 e. The number of benzene rings is 2. The molecule has 0 fully saturated rings. The molecule has 0 aliphatic carbocycles. The Bertz CT molecular complexity index is 1170. The molecule has 4 rings (SSSR count). The summed E-state index contributed by atoms with van der Waals surface area (Å²) in [5.41, 5.74) is 1.93. The number of rotatable bonds is 5. The van der Waals surface area contributed by atoms with Crippen LogP contribution in [0.1, 0.15) is 27.6 Å². The summed E-state index contributed by atoms with van der Waals surface area (Å²) < 4.78 is 16.6. The fraction of sp³-hybridized carbons (Fsp3) is 0.0870. The Labute approximate surface area is 166 Å². The van der Waals surface area contributed by atoms with Crippen molar-refractivity contribution in [1.82, 2.24) is 4.98 Å². The smallest absolute Gasteiger partial charge is 0.343 e. The van der Waals surface area contributed by atoms with E-state index in [2.05, 4.69) is 4.98 Å². The number of nitrogens with zero attached hydrogens (tertiary/aromatic N) is 1. The molecule has 0 aliphatic heterocycles. The minimum absolute atomic E-state index is 0.233. The van der Waals surface area contributed by atoms with Crippen LogP contribution in [0.2, 0.25) is 0 Å². The van der Waals surface area contributed by atoms with Crippen LogP contribution in [0.15, 0.2) is 77.5 Å². The molecule has 2 aromatic carbocycles. The quantitative estimate of drug-likeness (QED) is 0.358. The van der Waals surface area contributed by atoms with E-state index in [-0.39, 0.29) is 6.61 Å². The zero-order valence-corrected chi connectivity index (χ0v) is 15.6. The molecular weight excluding hydrogens is 370 g/mol. The fourth-order valence-electron chi connectivity index (χ4n) is 2.99. The van der Waals surface area contributed by atoms with E-state index in [4.69, 9.17) is 13.9 Å². The molecule has 0 bridgehead atoms. The molecule has 0 saturated carbocycles. The number of furan rings is 1. The van der Waals surface area contributed by atoms with E-state index >= 15 is 0 Å². The second-order valence-corrected chi connectivity index (χ2v) is 6.18. The Kier molecular flexibility index (Phi) is 5.07. The van der Waals surface area contributed by atoms with Crippen molar-refractivity contribution in [3.63, 3.8) is 0 Å². The zero-order chi connectivity index (χ0) is 20.2. The maximum absolute atomic E-state index is 12.7. The van der Waals surface area contributed by atoms with Gasteiger partial charge in [-0.05, 0) is 37.3 Å². The van der Waals surface area contributed by atoms with Gasteiger partial charge in [0.05, 0.1) is 12.2 Å². The van der Waals surface area contributed by atoms with Gasteiger partial charge in [0.2, 0.25) is 0 Å². The summed E-state index contributed by atoms with van der Waals surface area (Å²) in [6, 6.07) is 17.3. The summed E-state index contributed by atoms with van der Waals surface area (Å²) in [6.45, 7) is 1.97. The second kappa shape index (κ2) is 7.98. The summed E-state index contributed by atoms with van der Waals surface area (Å²) >= 11 is 0. The van der Waals surface area contributed by atoms with Gasteiger partial charge < -0.3 is 13.9 Å². The van der Waals surface area contributed by atoms with Crippen LogP contribution in [-0.4, -0.2) is 23.5 Å². The molecule has 0 saturated heterocycles.